The van der Waals surface area contributed by atoms with Crippen molar-refractivity contribution < 1.29 is 14.6 Å². The van der Waals surface area contributed by atoms with Crippen molar-refractivity contribution in [1.29, 1.82) is 0 Å². The van der Waals surface area contributed by atoms with Crippen molar-refractivity contribution in [2.75, 3.05) is 13.1 Å². The number of rotatable bonds is 3. The highest BCUT2D eigenvalue weighted by Crippen LogP contribution is 2.29. The topological polar surface area (TPSA) is 97.6 Å². The average molecular weight is 521 g/mol. The van der Waals surface area contributed by atoms with Crippen molar-refractivity contribution in [3.8, 4) is 11.3 Å². The van der Waals surface area contributed by atoms with Crippen LogP contribution in [0, 0.1) is 0 Å². The number of aromatic nitrogens is 3. The Hall–Kier alpha value is -2.30. The molecule has 1 fully saturated rings. The van der Waals surface area contributed by atoms with E-state index in [1.807, 2.05) is 45.0 Å². The third-order valence-corrected chi connectivity index (χ3v) is 6.73. The van der Waals surface area contributed by atoms with Crippen molar-refractivity contribution in [3.05, 3.63) is 45.4 Å². The lowest BCUT2D eigenvalue weighted by Gasteiger charge is -2.38. The molecule has 0 saturated carbocycles. The minimum Gasteiger partial charge on any atom is -0.444 e. The second-order valence-corrected chi connectivity index (χ2v) is 10.8. The fraction of sp³-hybridized carbons (Fsp3) is 0.455. The van der Waals surface area contributed by atoms with Crippen molar-refractivity contribution in [1.82, 2.24) is 18.8 Å². The molecule has 0 radical (unpaired) electrons. The molecule has 1 N–H and O–H groups in total. The molecule has 1 aliphatic rings. The van der Waals surface area contributed by atoms with Gasteiger partial charge < -0.3 is 14.7 Å². The molecule has 3 heterocycles. The van der Waals surface area contributed by atoms with Gasteiger partial charge in [-0.1, -0.05) is 28.1 Å². The van der Waals surface area contributed by atoms with Gasteiger partial charge in [-0.05, 0) is 57.3 Å². The van der Waals surface area contributed by atoms with Gasteiger partial charge in [0, 0.05) is 23.1 Å². The van der Waals surface area contributed by atoms with Crippen LogP contribution in [0.5, 0.6) is 0 Å². The first kappa shape index (κ1) is 22.9. The second-order valence-electron chi connectivity index (χ2n) is 9.09. The molecule has 0 spiro atoms. The van der Waals surface area contributed by atoms with E-state index >= 15 is 0 Å². The fourth-order valence-corrected chi connectivity index (χ4v) is 4.74. The molecule has 2 aromatic heterocycles. The summed E-state index contributed by atoms with van der Waals surface area (Å²) in [4.78, 5) is 31.4. The van der Waals surface area contributed by atoms with E-state index in [0.29, 0.717) is 41.8 Å². The first-order chi connectivity index (χ1) is 15.0. The molecule has 0 aliphatic carbocycles. The molecule has 4 rings (SSSR count). The summed E-state index contributed by atoms with van der Waals surface area (Å²) in [5.41, 5.74) is 0.229. The Labute approximate surface area is 198 Å². The minimum atomic E-state index is -1.10. The zero-order valence-electron chi connectivity index (χ0n) is 18.2. The Balaban J connectivity index is 1.50. The summed E-state index contributed by atoms with van der Waals surface area (Å²) in [5.74, 6) is 0. The first-order valence-corrected chi connectivity index (χ1v) is 11.9. The summed E-state index contributed by atoms with van der Waals surface area (Å²) >= 11 is 4.53. The number of aliphatic hydroxyl groups is 1. The Morgan fingerprint density at radius 2 is 1.91 bits per heavy atom. The molecule has 3 aromatic rings. The van der Waals surface area contributed by atoms with Gasteiger partial charge in [0.05, 0.1) is 18.5 Å². The standard InChI is InChI=1S/C22H25BrN4O4S/c1-21(2,3)31-20(29)26-10-8-22(30,9-11-26)12-27-13-24-17-16(25-32-18(17)19(27)28)14-4-6-15(23)7-5-14/h4-7,13,30H,8-12H2,1-3H3. The van der Waals surface area contributed by atoms with Crippen LogP contribution in [-0.4, -0.2) is 54.3 Å². The number of carbonyl (C=O) groups is 1. The largest absolute Gasteiger partial charge is 0.444 e. The number of hydrogen-bond donors (Lipinski definition) is 1. The first-order valence-electron chi connectivity index (χ1n) is 10.4. The number of benzene rings is 1. The molecule has 1 saturated heterocycles. The minimum absolute atomic E-state index is 0.114. The SMILES string of the molecule is CC(C)(C)OC(=O)N1CCC(O)(Cn2cnc3c(-c4ccc(Br)cc4)nsc3c2=O)CC1. The molecular formula is C22H25BrN4O4S. The van der Waals surface area contributed by atoms with Crippen molar-refractivity contribution in [3.63, 3.8) is 0 Å². The number of ether oxygens (including phenoxy) is 1. The molecule has 1 aliphatic heterocycles. The van der Waals surface area contributed by atoms with Crippen LogP contribution in [0.25, 0.3) is 21.5 Å². The number of hydrogen-bond acceptors (Lipinski definition) is 7. The van der Waals surface area contributed by atoms with E-state index in [2.05, 4.69) is 25.3 Å². The lowest BCUT2D eigenvalue weighted by atomic mass is 9.91. The highest BCUT2D eigenvalue weighted by Gasteiger charge is 2.36. The van der Waals surface area contributed by atoms with Crippen LogP contribution in [0.2, 0.25) is 0 Å². The zero-order chi connectivity index (χ0) is 23.1. The Kier molecular flexibility index (Phi) is 6.12. The van der Waals surface area contributed by atoms with Crippen molar-refractivity contribution in [2.24, 2.45) is 0 Å². The molecule has 170 valence electrons. The molecular weight excluding hydrogens is 496 g/mol. The van der Waals surface area contributed by atoms with Crippen molar-refractivity contribution in [2.45, 2.75) is 51.4 Å². The van der Waals surface area contributed by atoms with Gasteiger partial charge in [-0.2, -0.15) is 4.37 Å². The van der Waals surface area contributed by atoms with Crippen LogP contribution in [0.1, 0.15) is 33.6 Å². The van der Waals surface area contributed by atoms with E-state index in [1.165, 1.54) is 10.9 Å². The van der Waals surface area contributed by atoms with Crippen LogP contribution in [0.15, 0.2) is 39.9 Å². The van der Waals surface area contributed by atoms with Gasteiger partial charge in [-0.3, -0.25) is 9.36 Å². The van der Waals surface area contributed by atoms with Gasteiger partial charge in [0.25, 0.3) is 5.56 Å². The normalized spacial score (nSPS) is 16.3. The van der Waals surface area contributed by atoms with Gasteiger partial charge in [0.2, 0.25) is 0 Å². The number of amides is 1. The quantitative estimate of drug-likeness (QED) is 0.559. The Morgan fingerprint density at radius 3 is 2.53 bits per heavy atom. The van der Waals surface area contributed by atoms with Gasteiger partial charge >= 0.3 is 6.09 Å². The second kappa shape index (κ2) is 8.57. The summed E-state index contributed by atoms with van der Waals surface area (Å²) in [6.45, 7) is 6.31. The monoisotopic (exact) mass is 520 g/mol. The summed E-state index contributed by atoms with van der Waals surface area (Å²) in [5, 5.41) is 11.1. The summed E-state index contributed by atoms with van der Waals surface area (Å²) in [6, 6.07) is 7.68. The summed E-state index contributed by atoms with van der Waals surface area (Å²) in [7, 11) is 0. The number of carbonyl (C=O) groups excluding carboxylic acids is 1. The van der Waals surface area contributed by atoms with E-state index in [4.69, 9.17) is 4.74 Å². The van der Waals surface area contributed by atoms with Crippen LogP contribution in [-0.2, 0) is 11.3 Å². The predicted octanol–water partition coefficient (Wildman–Crippen LogP) is 4.04. The summed E-state index contributed by atoms with van der Waals surface area (Å²) < 4.78 is 12.7. The average Bonchev–Trinajstić information content (AvgIpc) is 3.15. The van der Waals surface area contributed by atoms with Gasteiger partial charge in [-0.15, -0.1) is 0 Å². The van der Waals surface area contributed by atoms with E-state index in [-0.39, 0.29) is 18.2 Å². The molecule has 32 heavy (non-hydrogen) atoms. The van der Waals surface area contributed by atoms with Gasteiger partial charge in [-0.25, -0.2) is 9.78 Å². The van der Waals surface area contributed by atoms with E-state index in [0.717, 1.165) is 21.6 Å². The van der Waals surface area contributed by atoms with Crippen LogP contribution >= 0.6 is 27.5 Å². The van der Waals surface area contributed by atoms with Crippen molar-refractivity contribution >= 4 is 43.8 Å². The Morgan fingerprint density at radius 1 is 1.25 bits per heavy atom. The number of nitrogens with zero attached hydrogens (tertiary/aromatic N) is 4. The Bertz CT molecular complexity index is 1190. The molecule has 1 amide bonds. The molecule has 0 bridgehead atoms. The van der Waals surface area contributed by atoms with Gasteiger partial charge in [0.1, 0.15) is 21.5 Å². The van der Waals surface area contributed by atoms with Crippen LogP contribution < -0.4 is 5.56 Å². The number of fused-ring (bicyclic) bond motifs is 1. The third kappa shape index (κ3) is 4.87. The van der Waals surface area contributed by atoms with E-state index < -0.39 is 11.2 Å². The fourth-order valence-electron chi connectivity index (χ4n) is 3.67. The van der Waals surface area contributed by atoms with E-state index in [9.17, 15) is 14.7 Å². The number of piperidine rings is 1. The van der Waals surface area contributed by atoms with E-state index in [1.54, 1.807) is 4.90 Å². The predicted molar refractivity (Wildman–Crippen MR) is 127 cm³/mol. The van der Waals surface area contributed by atoms with Crippen LogP contribution in [0.3, 0.4) is 0 Å². The number of halogens is 1. The highest BCUT2D eigenvalue weighted by atomic mass is 79.9. The smallest absolute Gasteiger partial charge is 0.410 e. The third-order valence-electron chi connectivity index (χ3n) is 5.38. The lowest BCUT2D eigenvalue weighted by molar-refractivity contribution is -0.0419. The molecule has 10 heteroatoms. The highest BCUT2D eigenvalue weighted by molar-refractivity contribution is 9.10. The molecule has 0 unspecified atom stereocenters. The number of likely N-dealkylation sites (tertiary alicyclic amines) is 1. The maximum atomic E-state index is 13.1. The maximum absolute atomic E-state index is 13.1. The maximum Gasteiger partial charge on any atom is 0.410 e. The molecule has 1 aromatic carbocycles. The molecule has 8 nitrogen and oxygen atoms in total. The summed E-state index contributed by atoms with van der Waals surface area (Å²) in [6.07, 6.45) is 1.79. The van der Waals surface area contributed by atoms with Gasteiger partial charge in [0.15, 0.2) is 0 Å². The van der Waals surface area contributed by atoms with Crippen LogP contribution in [0.4, 0.5) is 4.79 Å². The lowest BCUT2D eigenvalue weighted by Crippen LogP contribution is -2.50. The zero-order valence-corrected chi connectivity index (χ0v) is 20.6. The molecule has 0 atom stereocenters.